The fourth-order valence-corrected chi connectivity index (χ4v) is 3.49. The van der Waals surface area contributed by atoms with Crippen molar-refractivity contribution in [2.45, 2.75) is 6.92 Å². The number of benzene rings is 3. The number of ether oxygens (including phenoxy) is 1. The van der Waals surface area contributed by atoms with E-state index in [4.69, 9.17) is 15.6 Å². The van der Waals surface area contributed by atoms with Gasteiger partial charge in [-0.15, -0.1) is 6.42 Å². The number of fused-ring (bicyclic) bond motifs is 1. The molecule has 0 bridgehead atoms. The first-order valence-electron chi connectivity index (χ1n) is 10.1. The van der Waals surface area contributed by atoms with Gasteiger partial charge in [-0.1, -0.05) is 72.7 Å². The minimum absolute atomic E-state index is 0.0180. The van der Waals surface area contributed by atoms with Crippen molar-refractivity contribution in [3.63, 3.8) is 0 Å². The van der Waals surface area contributed by atoms with E-state index in [0.29, 0.717) is 16.7 Å². The second-order valence-corrected chi connectivity index (χ2v) is 7.17. The van der Waals surface area contributed by atoms with Gasteiger partial charge in [-0.2, -0.15) is 0 Å². The molecule has 4 aromatic rings. The van der Waals surface area contributed by atoms with Crippen molar-refractivity contribution in [3.05, 3.63) is 106 Å². The Balaban J connectivity index is 1.94. The third kappa shape index (κ3) is 4.10. The van der Waals surface area contributed by atoms with Crippen LogP contribution >= 0.6 is 0 Å². The van der Waals surface area contributed by atoms with Crippen LogP contribution in [0, 0.1) is 19.3 Å². The van der Waals surface area contributed by atoms with E-state index in [2.05, 4.69) is 5.92 Å². The Morgan fingerprint density at radius 3 is 2.41 bits per heavy atom. The largest absolute Gasteiger partial charge is 0.480 e. The number of carbonyl (C=O) groups excluding carboxylic acids is 1. The van der Waals surface area contributed by atoms with Crippen molar-refractivity contribution >= 4 is 22.8 Å². The summed E-state index contributed by atoms with van der Waals surface area (Å²) in [6.45, 7) is 1.70. The van der Waals surface area contributed by atoms with Crippen LogP contribution in [0.1, 0.15) is 21.5 Å². The molecule has 0 fully saturated rings. The molecule has 4 heteroatoms. The van der Waals surface area contributed by atoms with Crippen molar-refractivity contribution in [3.8, 4) is 29.4 Å². The summed E-state index contributed by atoms with van der Waals surface area (Å²) in [5, 5.41) is 0.312. The highest BCUT2D eigenvalue weighted by Crippen LogP contribution is 2.32. The van der Waals surface area contributed by atoms with Gasteiger partial charge in [0.15, 0.2) is 16.8 Å². The van der Waals surface area contributed by atoms with Crippen molar-refractivity contribution in [2.24, 2.45) is 0 Å². The van der Waals surface area contributed by atoms with Gasteiger partial charge in [-0.25, -0.2) is 0 Å². The summed E-state index contributed by atoms with van der Waals surface area (Å²) in [5.41, 5.74) is 2.23. The first-order valence-corrected chi connectivity index (χ1v) is 10.1. The summed E-state index contributed by atoms with van der Waals surface area (Å²) < 4.78 is 11.8. The molecule has 1 aromatic heterocycles. The normalized spacial score (nSPS) is 10.9. The fourth-order valence-electron chi connectivity index (χ4n) is 3.49. The molecule has 0 aliphatic heterocycles. The molecule has 0 atom stereocenters. The standard InChI is InChI=1S/C28H20O4/c1-3-18-31-24-17-15-22-26(30)19(2)27(21-12-8-5-9-13-21)32-28(22)25(24)23(29)16-14-20-10-6-4-7-11-20/h1,4-17H,18H2,2H3. The molecule has 156 valence electrons. The highest BCUT2D eigenvalue weighted by molar-refractivity contribution is 6.15. The lowest BCUT2D eigenvalue weighted by atomic mass is 10.0. The second kappa shape index (κ2) is 9.20. The summed E-state index contributed by atoms with van der Waals surface area (Å²) in [6, 6.07) is 22.0. The maximum Gasteiger partial charge on any atom is 0.196 e. The predicted molar refractivity (Wildman–Crippen MR) is 127 cm³/mol. The van der Waals surface area contributed by atoms with Gasteiger partial charge in [0.05, 0.1) is 5.39 Å². The first kappa shape index (κ1) is 20.9. The van der Waals surface area contributed by atoms with Crippen molar-refractivity contribution < 1.29 is 13.9 Å². The first-order chi connectivity index (χ1) is 15.6. The second-order valence-electron chi connectivity index (χ2n) is 7.17. The Morgan fingerprint density at radius 1 is 1.03 bits per heavy atom. The molecule has 3 aromatic carbocycles. The van der Waals surface area contributed by atoms with E-state index in [1.165, 1.54) is 6.08 Å². The van der Waals surface area contributed by atoms with Gasteiger partial charge in [0.2, 0.25) is 0 Å². The van der Waals surface area contributed by atoms with Crippen molar-refractivity contribution in [1.29, 1.82) is 0 Å². The van der Waals surface area contributed by atoms with Crippen LogP contribution in [0.4, 0.5) is 0 Å². The van der Waals surface area contributed by atoms with Gasteiger partial charge in [0, 0.05) is 11.1 Å². The van der Waals surface area contributed by atoms with E-state index in [1.807, 2.05) is 60.7 Å². The van der Waals surface area contributed by atoms with Crippen LogP contribution in [0.15, 0.2) is 88.1 Å². The highest BCUT2D eigenvalue weighted by atomic mass is 16.5. The van der Waals surface area contributed by atoms with Crippen LogP contribution in [0.3, 0.4) is 0 Å². The molecule has 0 amide bonds. The van der Waals surface area contributed by atoms with E-state index in [-0.39, 0.29) is 34.7 Å². The summed E-state index contributed by atoms with van der Waals surface area (Å²) in [4.78, 5) is 26.4. The average Bonchev–Trinajstić information content (AvgIpc) is 2.84. The zero-order chi connectivity index (χ0) is 22.5. The maximum absolute atomic E-state index is 13.3. The van der Waals surface area contributed by atoms with Crippen LogP contribution in [0.2, 0.25) is 0 Å². The van der Waals surface area contributed by atoms with Gasteiger partial charge in [-0.3, -0.25) is 9.59 Å². The van der Waals surface area contributed by atoms with E-state index < -0.39 is 0 Å². The van der Waals surface area contributed by atoms with Gasteiger partial charge in [0.25, 0.3) is 0 Å². The summed E-state index contributed by atoms with van der Waals surface area (Å²) >= 11 is 0. The number of hydrogen-bond acceptors (Lipinski definition) is 4. The molecule has 0 unspecified atom stereocenters. The van der Waals surface area contributed by atoms with Gasteiger partial charge < -0.3 is 9.15 Å². The number of ketones is 1. The number of allylic oxidation sites excluding steroid dienone is 1. The summed E-state index contributed by atoms with van der Waals surface area (Å²) in [5.74, 6) is 2.74. The Bertz CT molecular complexity index is 1410. The summed E-state index contributed by atoms with van der Waals surface area (Å²) in [6.07, 6.45) is 8.49. The minimum Gasteiger partial charge on any atom is -0.480 e. The highest BCUT2D eigenvalue weighted by Gasteiger charge is 2.21. The lowest BCUT2D eigenvalue weighted by Crippen LogP contribution is -2.11. The Labute approximate surface area is 185 Å². The quantitative estimate of drug-likeness (QED) is 0.229. The fraction of sp³-hybridized carbons (Fsp3) is 0.0714. The molecule has 0 spiro atoms. The maximum atomic E-state index is 13.3. The Kier molecular flexibility index (Phi) is 6.00. The zero-order valence-corrected chi connectivity index (χ0v) is 17.5. The van der Waals surface area contributed by atoms with Crippen molar-refractivity contribution in [1.82, 2.24) is 0 Å². The molecule has 1 heterocycles. The number of carbonyl (C=O) groups is 1. The molecule has 0 radical (unpaired) electrons. The monoisotopic (exact) mass is 420 g/mol. The molecule has 4 nitrogen and oxygen atoms in total. The Morgan fingerprint density at radius 2 is 1.72 bits per heavy atom. The Hall–Kier alpha value is -4.36. The van der Waals surface area contributed by atoms with E-state index in [0.717, 1.165) is 11.1 Å². The molecule has 32 heavy (non-hydrogen) atoms. The number of rotatable bonds is 6. The minimum atomic E-state index is -0.350. The van der Waals surface area contributed by atoms with Crippen LogP contribution in [-0.2, 0) is 0 Å². The molecule has 0 saturated heterocycles. The molecule has 0 aliphatic rings. The third-order valence-corrected chi connectivity index (χ3v) is 5.07. The molecular formula is C28H20O4. The van der Waals surface area contributed by atoms with Crippen LogP contribution in [0.5, 0.6) is 5.75 Å². The molecular weight excluding hydrogens is 400 g/mol. The topological polar surface area (TPSA) is 56.5 Å². The van der Waals surface area contributed by atoms with Crippen molar-refractivity contribution in [2.75, 3.05) is 6.61 Å². The molecule has 0 saturated carbocycles. The predicted octanol–water partition coefficient (Wildman–Crippen LogP) is 5.68. The lowest BCUT2D eigenvalue weighted by molar-refractivity contribution is 0.104. The SMILES string of the molecule is C#CCOc1ccc2c(=O)c(C)c(-c3ccccc3)oc2c1C(=O)C=Cc1ccccc1. The average molecular weight is 420 g/mol. The number of hydrogen-bond donors (Lipinski definition) is 0. The van der Waals surface area contributed by atoms with E-state index >= 15 is 0 Å². The third-order valence-electron chi connectivity index (χ3n) is 5.07. The summed E-state index contributed by atoms with van der Waals surface area (Å²) in [7, 11) is 0. The van der Waals surface area contributed by atoms with E-state index in [9.17, 15) is 9.59 Å². The molecule has 0 N–H and O–H groups in total. The number of terminal acetylenes is 1. The van der Waals surface area contributed by atoms with Crippen LogP contribution in [-0.4, -0.2) is 12.4 Å². The van der Waals surface area contributed by atoms with Crippen LogP contribution in [0.25, 0.3) is 28.4 Å². The molecule has 4 rings (SSSR count). The smallest absolute Gasteiger partial charge is 0.196 e. The molecule has 0 aliphatic carbocycles. The van der Waals surface area contributed by atoms with Gasteiger partial charge in [0.1, 0.15) is 23.7 Å². The van der Waals surface area contributed by atoms with Crippen LogP contribution < -0.4 is 10.2 Å². The van der Waals surface area contributed by atoms with E-state index in [1.54, 1.807) is 25.1 Å². The lowest BCUT2D eigenvalue weighted by Gasteiger charge is -2.13. The zero-order valence-electron chi connectivity index (χ0n) is 17.5. The van der Waals surface area contributed by atoms with Gasteiger partial charge >= 0.3 is 0 Å². The van der Waals surface area contributed by atoms with Gasteiger partial charge in [-0.05, 0) is 30.7 Å².